The molecule has 2 rings (SSSR count). The summed E-state index contributed by atoms with van der Waals surface area (Å²) < 4.78 is 41.2. The molecule has 24 heavy (non-hydrogen) atoms. The number of hydrogen-bond acceptors (Lipinski definition) is 3. The number of alkyl halides is 3. The number of carbonyl (C=O) groups is 1. The van der Waals surface area contributed by atoms with Crippen molar-refractivity contribution in [1.29, 1.82) is 0 Å². The summed E-state index contributed by atoms with van der Waals surface area (Å²) in [5, 5.41) is 12.3. The zero-order valence-corrected chi connectivity index (χ0v) is 13.3. The molecule has 1 fully saturated rings. The summed E-state index contributed by atoms with van der Waals surface area (Å²) >= 11 is 0. The van der Waals surface area contributed by atoms with Gasteiger partial charge in [-0.3, -0.25) is 0 Å². The lowest BCUT2D eigenvalue weighted by Gasteiger charge is -2.34. The first-order chi connectivity index (χ1) is 11.2. The number of aliphatic hydroxyl groups excluding tert-OH is 1. The standard InChI is InChI=1S/C16H21F3N2O3/c1-11(22)12-4-3-7-21(9-12)15(23)20-13-5-2-6-14(8-13)24-10-16(17,18)19/h2,5-6,8,11-12,22H,3-4,7,9-10H2,1H3,(H,20,23). The van der Waals surface area contributed by atoms with Gasteiger partial charge in [-0.15, -0.1) is 0 Å². The maximum absolute atomic E-state index is 12.3. The van der Waals surface area contributed by atoms with Crippen molar-refractivity contribution in [3.63, 3.8) is 0 Å². The van der Waals surface area contributed by atoms with Crippen molar-refractivity contribution < 1.29 is 27.8 Å². The lowest BCUT2D eigenvalue weighted by atomic mass is 9.94. The number of anilines is 1. The molecular formula is C16H21F3N2O3. The van der Waals surface area contributed by atoms with Gasteiger partial charge in [-0.1, -0.05) is 6.07 Å². The number of aliphatic hydroxyl groups is 1. The number of halogens is 3. The number of urea groups is 1. The average molecular weight is 346 g/mol. The van der Waals surface area contributed by atoms with Gasteiger partial charge in [0.25, 0.3) is 0 Å². The number of rotatable bonds is 4. The van der Waals surface area contributed by atoms with Crippen LogP contribution in [-0.4, -0.2) is 48.0 Å². The van der Waals surface area contributed by atoms with E-state index in [1.165, 1.54) is 18.2 Å². The fourth-order valence-electron chi connectivity index (χ4n) is 2.62. The van der Waals surface area contributed by atoms with Crippen LogP contribution in [0.3, 0.4) is 0 Å². The molecule has 2 amide bonds. The SMILES string of the molecule is CC(O)C1CCCN(C(=O)Nc2cccc(OCC(F)(F)F)c2)C1. The smallest absolute Gasteiger partial charge is 0.422 e. The molecule has 0 bridgehead atoms. The zero-order chi connectivity index (χ0) is 17.7. The molecule has 2 N–H and O–H groups in total. The van der Waals surface area contributed by atoms with Crippen molar-refractivity contribution in [2.45, 2.75) is 32.0 Å². The van der Waals surface area contributed by atoms with Gasteiger partial charge in [0.15, 0.2) is 6.61 Å². The van der Waals surface area contributed by atoms with Crippen LogP contribution in [0.25, 0.3) is 0 Å². The summed E-state index contributed by atoms with van der Waals surface area (Å²) in [7, 11) is 0. The summed E-state index contributed by atoms with van der Waals surface area (Å²) in [6, 6.07) is 5.49. The molecule has 0 aliphatic carbocycles. The van der Waals surface area contributed by atoms with Crippen LogP contribution in [0, 0.1) is 5.92 Å². The van der Waals surface area contributed by atoms with Crippen LogP contribution in [0.2, 0.25) is 0 Å². The third kappa shape index (κ3) is 5.59. The number of hydrogen-bond donors (Lipinski definition) is 2. The van der Waals surface area contributed by atoms with E-state index in [2.05, 4.69) is 10.1 Å². The van der Waals surface area contributed by atoms with Gasteiger partial charge >= 0.3 is 12.2 Å². The lowest BCUT2D eigenvalue weighted by Crippen LogP contribution is -2.44. The van der Waals surface area contributed by atoms with Crippen LogP contribution in [-0.2, 0) is 0 Å². The van der Waals surface area contributed by atoms with Crippen LogP contribution in [0.1, 0.15) is 19.8 Å². The molecule has 1 heterocycles. The van der Waals surface area contributed by atoms with Crippen molar-refractivity contribution in [2.24, 2.45) is 5.92 Å². The zero-order valence-electron chi connectivity index (χ0n) is 13.3. The molecule has 5 nitrogen and oxygen atoms in total. The van der Waals surface area contributed by atoms with E-state index in [0.29, 0.717) is 18.8 Å². The molecule has 1 aromatic carbocycles. The number of nitrogens with zero attached hydrogens (tertiary/aromatic N) is 1. The normalized spacial score (nSPS) is 19.7. The maximum Gasteiger partial charge on any atom is 0.422 e. The second-order valence-electron chi connectivity index (χ2n) is 5.95. The molecule has 2 atom stereocenters. The van der Waals surface area contributed by atoms with Crippen LogP contribution in [0.4, 0.5) is 23.7 Å². The molecule has 1 aliphatic heterocycles. The summed E-state index contributed by atoms with van der Waals surface area (Å²) in [5.41, 5.74) is 0.360. The minimum atomic E-state index is -4.41. The Morgan fingerprint density at radius 2 is 2.25 bits per heavy atom. The van der Waals surface area contributed by atoms with Gasteiger partial charge in [-0.25, -0.2) is 4.79 Å². The average Bonchev–Trinajstić information content (AvgIpc) is 2.53. The van der Waals surface area contributed by atoms with E-state index in [1.54, 1.807) is 17.9 Å². The Balaban J connectivity index is 1.94. The van der Waals surface area contributed by atoms with Gasteiger partial charge in [0.05, 0.1) is 6.10 Å². The Hall–Kier alpha value is -1.96. The Morgan fingerprint density at radius 3 is 2.92 bits per heavy atom. The fraction of sp³-hybridized carbons (Fsp3) is 0.562. The highest BCUT2D eigenvalue weighted by Gasteiger charge is 2.29. The first kappa shape index (κ1) is 18.4. The summed E-state index contributed by atoms with van der Waals surface area (Å²) in [6.45, 7) is 1.35. The number of nitrogens with one attached hydrogen (secondary N) is 1. The topological polar surface area (TPSA) is 61.8 Å². The Kier molecular flexibility index (Phi) is 5.93. The van der Waals surface area contributed by atoms with E-state index in [1.807, 2.05) is 0 Å². The van der Waals surface area contributed by atoms with E-state index in [-0.39, 0.29) is 17.7 Å². The second kappa shape index (κ2) is 7.74. The van der Waals surface area contributed by atoms with Crippen molar-refractivity contribution in [3.8, 4) is 5.75 Å². The first-order valence-corrected chi connectivity index (χ1v) is 7.78. The van der Waals surface area contributed by atoms with Gasteiger partial charge in [-0.05, 0) is 31.9 Å². The van der Waals surface area contributed by atoms with E-state index >= 15 is 0 Å². The maximum atomic E-state index is 12.3. The van der Waals surface area contributed by atoms with Crippen molar-refractivity contribution >= 4 is 11.7 Å². The Labute approximate surface area is 138 Å². The molecule has 0 radical (unpaired) electrons. The number of amides is 2. The highest BCUT2D eigenvalue weighted by molar-refractivity contribution is 5.89. The minimum absolute atomic E-state index is 0.0330. The highest BCUT2D eigenvalue weighted by Crippen LogP contribution is 2.23. The van der Waals surface area contributed by atoms with E-state index in [4.69, 9.17) is 0 Å². The molecule has 2 unspecified atom stereocenters. The fourth-order valence-corrected chi connectivity index (χ4v) is 2.62. The Morgan fingerprint density at radius 1 is 1.50 bits per heavy atom. The van der Waals surface area contributed by atoms with Gasteiger partial charge in [-0.2, -0.15) is 13.2 Å². The van der Waals surface area contributed by atoms with Gasteiger partial charge in [0.1, 0.15) is 5.75 Å². The Bertz CT molecular complexity index is 564. The number of ether oxygens (including phenoxy) is 1. The number of piperidine rings is 1. The van der Waals surface area contributed by atoms with E-state index in [0.717, 1.165) is 12.8 Å². The van der Waals surface area contributed by atoms with Crippen molar-refractivity contribution in [3.05, 3.63) is 24.3 Å². The van der Waals surface area contributed by atoms with Crippen molar-refractivity contribution in [2.75, 3.05) is 25.0 Å². The van der Waals surface area contributed by atoms with Crippen LogP contribution in [0.15, 0.2) is 24.3 Å². The third-order valence-corrected chi connectivity index (χ3v) is 3.92. The molecule has 0 spiro atoms. The molecule has 134 valence electrons. The largest absolute Gasteiger partial charge is 0.484 e. The van der Waals surface area contributed by atoms with Gasteiger partial charge in [0.2, 0.25) is 0 Å². The number of benzene rings is 1. The molecule has 8 heteroatoms. The summed E-state index contributed by atoms with van der Waals surface area (Å²) in [6.07, 6.45) is -3.23. The molecule has 0 aromatic heterocycles. The summed E-state index contributed by atoms with van der Waals surface area (Å²) in [4.78, 5) is 13.9. The third-order valence-electron chi connectivity index (χ3n) is 3.92. The molecular weight excluding hydrogens is 325 g/mol. The quantitative estimate of drug-likeness (QED) is 0.880. The molecule has 1 saturated heterocycles. The summed E-state index contributed by atoms with van der Waals surface area (Å²) in [5.74, 6) is 0.0663. The number of likely N-dealkylation sites (tertiary alicyclic amines) is 1. The molecule has 0 saturated carbocycles. The predicted molar refractivity (Wildman–Crippen MR) is 83.0 cm³/mol. The van der Waals surface area contributed by atoms with Crippen LogP contribution < -0.4 is 10.1 Å². The van der Waals surface area contributed by atoms with Gasteiger partial charge < -0.3 is 20.1 Å². The minimum Gasteiger partial charge on any atom is -0.484 e. The monoisotopic (exact) mass is 346 g/mol. The number of carbonyl (C=O) groups excluding carboxylic acids is 1. The highest BCUT2D eigenvalue weighted by atomic mass is 19.4. The second-order valence-corrected chi connectivity index (χ2v) is 5.95. The molecule has 1 aliphatic rings. The molecule has 1 aromatic rings. The van der Waals surface area contributed by atoms with Crippen molar-refractivity contribution in [1.82, 2.24) is 4.90 Å². The lowest BCUT2D eigenvalue weighted by molar-refractivity contribution is -0.153. The first-order valence-electron chi connectivity index (χ1n) is 7.78. The predicted octanol–water partition coefficient (Wildman–Crippen LogP) is 3.25. The van der Waals surface area contributed by atoms with Crippen LogP contribution in [0.5, 0.6) is 5.75 Å². The van der Waals surface area contributed by atoms with Crippen LogP contribution >= 0.6 is 0 Å². The van der Waals surface area contributed by atoms with E-state index < -0.39 is 18.9 Å². The van der Waals surface area contributed by atoms with E-state index in [9.17, 15) is 23.1 Å². The van der Waals surface area contributed by atoms with Gasteiger partial charge in [0, 0.05) is 30.8 Å².